The van der Waals surface area contributed by atoms with Crippen molar-refractivity contribution in [2.45, 2.75) is 13.0 Å². The number of piperazine rings is 1. The predicted octanol–water partition coefficient (Wildman–Crippen LogP) is 2.89. The minimum Gasteiger partial charge on any atom is -0.384 e. The van der Waals surface area contributed by atoms with Crippen LogP contribution in [0.3, 0.4) is 0 Å². The van der Waals surface area contributed by atoms with Crippen molar-refractivity contribution >= 4 is 11.6 Å². The fourth-order valence-electron chi connectivity index (χ4n) is 3.70. The van der Waals surface area contributed by atoms with Gasteiger partial charge in [-0.25, -0.2) is 8.78 Å². The van der Waals surface area contributed by atoms with Crippen molar-refractivity contribution in [3.05, 3.63) is 64.7 Å². The molecule has 1 saturated heterocycles. The average Bonchev–Trinajstić information content (AvgIpc) is 3.14. The molecule has 1 N–H and O–H groups in total. The normalized spacial score (nSPS) is 17.1. The van der Waals surface area contributed by atoms with Crippen LogP contribution in [0.5, 0.6) is 0 Å². The zero-order chi connectivity index (χ0) is 18.1. The van der Waals surface area contributed by atoms with Crippen LogP contribution < -0.4 is 5.32 Å². The Morgan fingerprint density at radius 2 is 1.85 bits per heavy atom. The number of nitrogens with one attached hydrogen (secondary N) is 1. The van der Waals surface area contributed by atoms with E-state index >= 15 is 0 Å². The summed E-state index contributed by atoms with van der Waals surface area (Å²) in [6.07, 6.45) is 1.07. The molecular formula is C20H21F2N3O. The molecule has 0 aliphatic carbocycles. The molecule has 136 valence electrons. The average molecular weight is 357 g/mol. The van der Waals surface area contributed by atoms with Crippen molar-refractivity contribution in [2.24, 2.45) is 0 Å². The lowest BCUT2D eigenvalue weighted by molar-refractivity contribution is 0.0628. The van der Waals surface area contributed by atoms with Gasteiger partial charge in [0.2, 0.25) is 0 Å². The van der Waals surface area contributed by atoms with Crippen molar-refractivity contribution in [1.29, 1.82) is 0 Å². The number of para-hydroxylation sites is 1. The largest absolute Gasteiger partial charge is 0.384 e. The molecule has 6 heteroatoms. The van der Waals surface area contributed by atoms with Gasteiger partial charge in [0.1, 0.15) is 0 Å². The highest BCUT2D eigenvalue weighted by Gasteiger charge is 2.24. The minimum absolute atomic E-state index is 0.197. The number of hydrogen-bond acceptors (Lipinski definition) is 3. The summed E-state index contributed by atoms with van der Waals surface area (Å²) in [5.74, 6) is -2.17. The summed E-state index contributed by atoms with van der Waals surface area (Å²) in [7, 11) is 0. The highest BCUT2D eigenvalue weighted by Crippen LogP contribution is 2.27. The maximum Gasteiger partial charge on any atom is 0.254 e. The Hall–Kier alpha value is -2.47. The monoisotopic (exact) mass is 357 g/mol. The van der Waals surface area contributed by atoms with Gasteiger partial charge >= 0.3 is 0 Å². The van der Waals surface area contributed by atoms with Crippen molar-refractivity contribution < 1.29 is 13.6 Å². The van der Waals surface area contributed by atoms with Crippen LogP contribution in [0.2, 0.25) is 0 Å². The summed E-state index contributed by atoms with van der Waals surface area (Å²) < 4.78 is 26.4. The van der Waals surface area contributed by atoms with Crippen LogP contribution in [0.15, 0.2) is 36.4 Å². The zero-order valence-electron chi connectivity index (χ0n) is 14.5. The molecule has 2 aliphatic heterocycles. The Bertz CT molecular complexity index is 832. The maximum absolute atomic E-state index is 13.4. The second-order valence-electron chi connectivity index (χ2n) is 6.83. The summed E-state index contributed by atoms with van der Waals surface area (Å²) in [6, 6.07) is 9.73. The van der Waals surface area contributed by atoms with Crippen LogP contribution in [0.1, 0.15) is 21.5 Å². The molecule has 2 heterocycles. The molecule has 2 aliphatic rings. The fourth-order valence-corrected chi connectivity index (χ4v) is 3.70. The first-order valence-corrected chi connectivity index (χ1v) is 8.93. The van der Waals surface area contributed by atoms with E-state index in [-0.39, 0.29) is 11.5 Å². The number of nitrogens with zero attached hydrogens (tertiary/aromatic N) is 2. The summed E-state index contributed by atoms with van der Waals surface area (Å²) >= 11 is 0. The highest BCUT2D eigenvalue weighted by molar-refractivity contribution is 5.94. The lowest BCUT2D eigenvalue weighted by Gasteiger charge is -2.35. The van der Waals surface area contributed by atoms with Gasteiger partial charge in [-0.1, -0.05) is 18.2 Å². The molecule has 2 aromatic carbocycles. The van der Waals surface area contributed by atoms with Crippen LogP contribution in [0, 0.1) is 11.6 Å². The molecule has 2 aromatic rings. The minimum atomic E-state index is -0.986. The number of hydrogen-bond donors (Lipinski definition) is 1. The Labute approximate surface area is 151 Å². The van der Waals surface area contributed by atoms with Crippen molar-refractivity contribution in [3.8, 4) is 0 Å². The van der Waals surface area contributed by atoms with Gasteiger partial charge < -0.3 is 10.2 Å². The van der Waals surface area contributed by atoms with E-state index in [2.05, 4.69) is 28.4 Å². The molecular weight excluding hydrogens is 336 g/mol. The van der Waals surface area contributed by atoms with E-state index in [1.807, 2.05) is 0 Å². The third-order valence-corrected chi connectivity index (χ3v) is 5.15. The standard InChI is InChI=1S/C20H21F2N3O/c21-17-5-4-15(12-18(17)22)20(26)25-10-8-24(9-11-25)13-16-3-1-2-14-6-7-23-19(14)16/h1-5,12,23H,6-11,13H2. The molecule has 0 aromatic heterocycles. The first kappa shape index (κ1) is 17.0. The molecule has 4 rings (SSSR count). The third-order valence-electron chi connectivity index (χ3n) is 5.15. The molecule has 0 saturated carbocycles. The second kappa shape index (κ2) is 7.03. The lowest BCUT2D eigenvalue weighted by atomic mass is 10.1. The fraction of sp³-hybridized carbons (Fsp3) is 0.350. The van der Waals surface area contributed by atoms with E-state index in [0.29, 0.717) is 13.1 Å². The van der Waals surface area contributed by atoms with E-state index in [0.717, 1.165) is 44.7 Å². The number of amides is 1. The summed E-state index contributed by atoms with van der Waals surface area (Å²) in [5.41, 5.74) is 4.12. The third kappa shape index (κ3) is 3.29. The predicted molar refractivity (Wildman–Crippen MR) is 96.2 cm³/mol. The number of halogens is 2. The topological polar surface area (TPSA) is 35.6 Å². The van der Waals surface area contributed by atoms with Gasteiger partial charge in [0.15, 0.2) is 11.6 Å². The number of anilines is 1. The van der Waals surface area contributed by atoms with Crippen LogP contribution >= 0.6 is 0 Å². The Balaban J connectivity index is 1.38. The van der Waals surface area contributed by atoms with Crippen molar-refractivity contribution in [3.63, 3.8) is 0 Å². The van der Waals surface area contributed by atoms with Gasteiger partial charge in [0.05, 0.1) is 0 Å². The summed E-state index contributed by atoms with van der Waals surface area (Å²) in [4.78, 5) is 16.5. The van der Waals surface area contributed by atoms with Crippen molar-refractivity contribution in [1.82, 2.24) is 9.80 Å². The summed E-state index contributed by atoms with van der Waals surface area (Å²) in [6.45, 7) is 4.53. The number of carbonyl (C=O) groups excluding carboxylic acids is 1. The molecule has 0 spiro atoms. The van der Waals surface area contributed by atoms with Crippen molar-refractivity contribution in [2.75, 3.05) is 38.0 Å². The van der Waals surface area contributed by atoms with E-state index in [4.69, 9.17) is 0 Å². The molecule has 1 amide bonds. The lowest BCUT2D eigenvalue weighted by Crippen LogP contribution is -2.48. The van der Waals surface area contributed by atoms with E-state index in [9.17, 15) is 13.6 Å². The SMILES string of the molecule is O=C(c1ccc(F)c(F)c1)N1CCN(Cc2cccc3c2NCC3)CC1. The first-order chi connectivity index (χ1) is 12.6. The van der Waals surface area contributed by atoms with E-state index < -0.39 is 11.6 Å². The van der Waals surface area contributed by atoms with Gasteiger partial charge in [0.25, 0.3) is 5.91 Å². The highest BCUT2D eigenvalue weighted by atomic mass is 19.2. The molecule has 0 bridgehead atoms. The van der Waals surface area contributed by atoms with Crippen LogP contribution in [-0.2, 0) is 13.0 Å². The van der Waals surface area contributed by atoms with Gasteiger partial charge in [-0.2, -0.15) is 0 Å². The van der Waals surface area contributed by atoms with Gasteiger partial charge in [-0.3, -0.25) is 9.69 Å². The molecule has 0 radical (unpaired) electrons. The molecule has 1 fully saturated rings. The summed E-state index contributed by atoms with van der Waals surface area (Å²) in [5, 5.41) is 3.46. The molecule has 4 nitrogen and oxygen atoms in total. The molecule has 0 atom stereocenters. The number of benzene rings is 2. The number of rotatable bonds is 3. The first-order valence-electron chi connectivity index (χ1n) is 8.93. The Kier molecular flexibility index (Phi) is 4.59. The van der Waals surface area contributed by atoms with Gasteiger partial charge in [-0.15, -0.1) is 0 Å². The number of fused-ring (bicyclic) bond motifs is 1. The smallest absolute Gasteiger partial charge is 0.254 e. The van der Waals surface area contributed by atoms with Gasteiger partial charge in [-0.05, 0) is 35.7 Å². The molecule has 0 unspecified atom stereocenters. The maximum atomic E-state index is 13.4. The number of carbonyl (C=O) groups is 1. The zero-order valence-corrected chi connectivity index (χ0v) is 14.5. The Morgan fingerprint density at radius 1 is 1.04 bits per heavy atom. The van der Waals surface area contributed by atoms with Crippen LogP contribution in [-0.4, -0.2) is 48.4 Å². The van der Waals surface area contributed by atoms with E-state index in [1.54, 1.807) is 4.90 Å². The van der Waals surface area contributed by atoms with Crippen LogP contribution in [0.4, 0.5) is 14.5 Å². The molecule has 26 heavy (non-hydrogen) atoms. The van der Waals surface area contributed by atoms with Gasteiger partial charge in [0, 0.05) is 50.5 Å². The van der Waals surface area contributed by atoms with Crippen LogP contribution in [0.25, 0.3) is 0 Å². The quantitative estimate of drug-likeness (QED) is 0.918. The van der Waals surface area contributed by atoms with E-state index in [1.165, 1.54) is 22.9 Å². The Morgan fingerprint density at radius 3 is 2.62 bits per heavy atom. The second-order valence-corrected chi connectivity index (χ2v) is 6.83.